The van der Waals surface area contributed by atoms with Crippen molar-refractivity contribution in [3.63, 3.8) is 0 Å². The lowest BCUT2D eigenvalue weighted by molar-refractivity contribution is 0.501. The summed E-state index contributed by atoms with van der Waals surface area (Å²) in [6.45, 7) is 6.18. The first kappa shape index (κ1) is 10.3. The molecule has 1 aliphatic rings. The van der Waals surface area contributed by atoms with Crippen LogP contribution in [-0.4, -0.2) is 8.42 Å². The van der Waals surface area contributed by atoms with E-state index in [1.807, 2.05) is 6.07 Å². The van der Waals surface area contributed by atoms with Crippen molar-refractivity contribution in [2.45, 2.75) is 26.2 Å². The first-order valence-corrected chi connectivity index (χ1v) is 6.05. The van der Waals surface area contributed by atoms with Gasteiger partial charge in [0.2, 0.25) is 0 Å². The number of rotatable bonds is 0. The van der Waals surface area contributed by atoms with Gasteiger partial charge in [-0.1, -0.05) is 26.8 Å². The van der Waals surface area contributed by atoms with Crippen LogP contribution in [0.1, 0.15) is 26.3 Å². The molecule has 1 N–H and O–H groups in total. The van der Waals surface area contributed by atoms with Gasteiger partial charge in [-0.2, -0.15) is 8.42 Å². The van der Waals surface area contributed by atoms with Gasteiger partial charge in [0, 0.05) is 0 Å². The minimum Gasteiger partial charge on any atom is -0.365 e. The molecule has 82 valence electrons. The Kier molecular flexibility index (Phi) is 1.98. The second-order valence-electron chi connectivity index (χ2n) is 4.60. The number of nitrogens with one attached hydrogen (secondary N) is 1. The van der Waals surface area contributed by atoms with Crippen LogP contribution < -0.4 is 8.91 Å². The Morgan fingerprint density at radius 1 is 1.27 bits per heavy atom. The van der Waals surface area contributed by atoms with Crippen molar-refractivity contribution in [1.29, 1.82) is 0 Å². The maximum absolute atomic E-state index is 11.1. The normalized spacial score (nSPS) is 17.8. The van der Waals surface area contributed by atoms with Crippen LogP contribution >= 0.6 is 0 Å². The molecule has 0 aliphatic carbocycles. The minimum absolute atomic E-state index is 0.0231. The largest absolute Gasteiger partial charge is 0.407 e. The van der Waals surface area contributed by atoms with Crippen LogP contribution in [0.3, 0.4) is 0 Å². The van der Waals surface area contributed by atoms with Crippen molar-refractivity contribution in [1.82, 2.24) is 0 Å². The van der Waals surface area contributed by atoms with Crippen LogP contribution in [0, 0.1) is 0 Å². The Labute approximate surface area is 89.5 Å². The zero-order valence-electron chi connectivity index (χ0n) is 8.87. The molecule has 4 nitrogen and oxygen atoms in total. The van der Waals surface area contributed by atoms with Gasteiger partial charge in [-0.05, 0) is 23.1 Å². The second-order valence-corrected chi connectivity index (χ2v) is 5.88. The topological polar surface area (TPSA) is 55.4 Å². The second kappa shape index (κ2) is 2.88. The molecule has 0 unspecified atom stereocenters. The summed E-state index contributed by atoms with van der Waals surface area (Å²) in [5.41, 5.74) is 1.52. The first-order chi connectivity index (χ1) is 6.78. The van der Waals surface area contributed by atoms with E-state index in [1.165, 1.54) is 0 Å². The van der Waals surface area contributed by atoms with Crippen molar-refractivity contribution in [2.75, 3.05) is 4.72 Å². The lowest BCUT2D eigenvalue weighted by Crippen LogP contribution is -2.11. The van der Waals surface area contributed by atoms with E-state index in [4.69, 9.17) is 4.18 Å². The molecule has 0 atom stereocenters. The highest BCUT2D eigenvalue weighted by molar-refractivity contribution is 7.88. The highest BCUT2D eigenvalue weighted by Gasteiger charge is 2.26. The standard InChI is InChI=1S/C10H13NO3S/c1-10(2,3)7-4-5-8-9(6-7)14-15(12,13)11-8/h4-6,11H,1-3H3. The van der Waals surface area contributed by atoms with Gasteiger partial charge in [-0.25, -0.2) is 4.72 Å². The van der Waals surface area contributed by atoms with Crippen molar-refractivity contribution in [2.24, 2.45) is 0 Å². The summed E-state index contributed by atoms with van der Waals surface area (Å²) in [6.07, 6.45) is 0. The predicted octanol–water partition coefficient (Wildman–Crippen LogP) is 2.03. The van der Waals surface area contributed by atoms with Crippen LogP contribution in [0.5, 0.6) is 5.75 Å². The third-order valence-corrected chi connectivity index (χ3v) is 3.15. The zero-order chi connectivity index (χ0) is 11.3. The smallest absolute Gasteiger partial charge is 0.365 e. The molecule has 1 aromatic carbocycles. The summed E-state index contributed by atoms with van der Waals surface area (Å²) < 4.78 is 29.3. The third-order valence-electron chi connectivity index (χ3n) is 2.28. The van der Waals surface area contributed by atoms with Gasteiger partial charge < -0.3 is 4.18 Å². The average molecular weight is 227 g/mol. The molecule has 1 aromatic rings. The van der Waals surface area contributed by atoms with Gasteiger partial charge in [0.05, 0.1) is 5.69 Å². The summed E-state index contributed by atoms with van der Waals surface area (Å²) in [5, 5.41) is 0. The summed E-state index contributed by atoms with van der Waals surface area (Å²) in [5.74, 6) is 0.377. The molecule has 0 fully saturated rings. The Bertz CT molecular complexity index is 500. The van der Waals surface area contributed by atoms with Crippen molar-refractivity contribution < 1.29 is 12.6 Å². The van der Waals surface area contributed by atoms with E-state index >= 15 is 0 Å². The van der Waals surface area contributed by atoms with Crippen molar-refractivity contribution >= 4 is 16.0 Å². The molecule has 2 rings (SSSR count). The van der Waals surface area contributed by atoms with Gasteiger partial charge in [-0.15, -0.1) is 0 Å². The van der Waals surface area contributed by atoms with Crippen LogP contribution in [0.25, 0.3) is 0 Å². The van der Waals surface area contributed by atoms with Gasteiger partial charge in [0.15, 0.2) is 5.75 Å². The van der Waals surface area contributed by atoms with Gasteiger partial charge >= 0.3 is 10.3 Å². The van der Waals surface area contributed by atoms with Crippen LogP contribution in [0.4, 0.5) is 5.69 Å². The zero-order valence-corrected chi connectivity index (χ0v) is 9.68. The maximum atomic E-state index is 11.1. The SMILES string of the molecule is CC(C)(C)c1ccc2c(c1)OS(=O)(=O)N2. The summed E-state index contributed by atoms with van der Waals surface area (Å²) in [4.78, 5) is 0. The Balaban J connectivity index is 2.48. The van der Waals surface area contributed by atoms with E-state index in [-0.39, 0.29) is 5.41 Å². The van der Waals surface area contributed by atoms with E-state index in [2.05, 4.69) is 25.5 Å². The molecule has 0 aromatic heterocycles. The van der Waals surface area contributed by atoms with E-state index in [9.17, 15) is 8.42 Å². The maximum Gasteiger partial charge on any atom is 0.407 e. The summed E-state index contributed by atoms with van der Waals surface area (Å²) in [6, 6.07) is 5.38. The summed E-state index contributed by atoms with van der Waals surface area (Å²) >= 11 is 0. The molecule has 0 radical (unpaired) electrons. The fourth-order valence-corrected chi connectivity index (χ4v) is 2.27. The lowest BCUT2D eigenvalue weighted by Gasteiger charge is -2.18. The fourth-order valence-electron chi connectivity index (χ4n) is 1.42. The van der Waals surface area contributed by atoms with Crippen LogP contribution in [0.15, 0.2) is 18.2 Å². The highest BCUT2D eigenvalue weighted by Crippen LogP contribution is 2.36. The van der Waals surface area contributed by atoms with E-state index in [0.29, 0.717) is 11.4 Å². The summed E-state index contributed by atoms with van der Waals surface area (Å²) in [7, 11) is -3.62. The van der Waals surface area contributed by atoms with Crippen molar-refractivity contribution in [3.05, 3.63) is 23.8 Å². The van der Waals surface area contributed by atoms with Gasteiger partial charge in [0.1, 0.15) is 0 Å². The van der Waals surface area contributed by atoms with Gasteiger partial charge in [0.25, 0.3) is 0 Å². The molecule has 1 aliphatic heterocycles. The van der Waals surface area contributed by atoms with Gasteiger partial charge in [-0.3, -0.25) is 0 Å². The number of hydrogen-bond acceptors (Lipinski definition) is 3. The Hall–Kier alpha value is -1.23. The monoisotopic (exact) mass is 227 g/mol. The molecule has 0 bridgehead atoms. The highest BCUT2D eigenvalue weighted by atomic mass is 32.2. The fraction of sp³-hybridized carbons (Fsp3) is 0.400. The molecule has 5 heteroatoms. The predicted molar refractivity (Wildman–Crippen MR) is 58.3 cm³/mol. The molecular formula is C10H13NO3S. The van der Waals surface area contributed by atoms with E-state index in [1.54, 1.807) is 12.1 Å². The molecule has 0 amide bonds. The number of anilines is 1. The molecular weight excluding hydrogens is 214 g/mol. The molecule has 0 saturated carbocycles. The van der Waals surface area contributed by atoms with Crippen LogP contribution in [0.2, 0.25) is 0 Å². The van der Waals surface area contributed by atoms with E-state index < -0.39 is 10.3 Å². The Morgan fingerprint density at radius 2 is 1.93 bits per heavy atom. The van der Waals surface area contributed by atoms with E-state index in [0.717, 1.165) is 5.56 Å². The Morgan fingerprint density at radius 3 is 2.53 bits per heavy atom. The molecule has 1 heterocycles. The number of benzene rings is 1. The minimum atomic E-state index is -3.62. The third kappa shape index (κ3) is 1.92. The molecule has 0 spiro atoms. The first-order valence-electron chi connectivity index (χ1n) is 4.65. The average Bonchev–Trinajstić information content (AvgIpc) is 2.34. The number of fused-ring (bicyclic) bond motifs is 1. The van der Waals surface area contributed by atoms with Crippen LogP contribution in [-0.2, 0) is 15.7 Å². The lowest BCUT2D eigenvalue weighted by atomic mass is 9.87. The molecule has 15 heavy (non-hydrogen) atoms. The molecule has 0 saturated heterocycles. The van der Waals surface area contributed by atoms with Crippen molar-refractivity contribution in [3.8, 4) is 5.75 Å². The number of hydrogen-bond donors (Lipinski definition) is 1. The quantitative estimate of drug-likeness (QED) is 0.737.